The van der Waals surface area contributed by atoms with Gasteiger partial charge in [0, 0.05) is 13.6 Å². The number of nitrogens with zero attached hydrogens (tertiary/aromatic N) is 2. The first-order chi connectivity index (χ1) is 12.1. The number of hydrogen-bond donors (Lipinski definition) is 2. The summed E-state index contributed by atoms with van der Waals surface area (Å²) in [6, 6.07) is 6.06. The van der Waals surface area contributed by atoms with Crippen LogP contribution in [0.1, 0.15) is 33.6 Å². The highest BCUT2D eigenvalue weighted by atomic mass is 127. The average molecular weight is 480 g/mol. The second-order valence-corrected chi connectivity index (χ2v) is 6.00. The van der Waals surface area contributed by atoms with E-state index in [1.54, 1.807) is 19.2 Å². The lowest BCUT2D eigenvalue weighted by molar-refractivity contribution is 0.223. The van der Waals surface area contributed by atoms with Crippen molar-refractivity contribution in [2.24, 2.45) is 4.99 Å². The molecule has 0 saturated heterocycles. The Balaban J connectivity index is 0.00000625. The summed E-state index contributed by atoms with van der Waals surface area (Å²) in [6.45, 7) is 11.2. The van der Waals surface area contributed by atoms with Gasteiger partial charge in [-0.2, -0.15) is 0 Å². The molecule has 0 radical (unpaired) electrons. The molecule has 1 aromatic carbocycles. The van der Waals surface area contributed by atoms with Crippen LogP contribution in [0.2, 0.25) is 0 Å². The van der Waals surface area contributed by atoms with Gasteiger partial charge in [-0.25, -0.2) is 4.39 Å². The van der Waals surface area contributed by atoms with Crippen LogP contribution in [0.3, 0.4) is 0 Å². The Morgan fingerprint density at radius 1 is 1.15 bits per heavy atom. The minimum atomic E-state index is -0.260. The number of aliphatic imine (C=N–C) groups is 1. The van der Waals surface area contributed by atoms with Gasteiger partial charge in [0.05, 0.1) is 6.54 Å². The zero-order chi connectivity index (χ0) is 18.5. The van der Waals surface area contributed by atoms with E-state index in [2.05, 4.69) is 34.4 Å². The van der Waals surface area contributed by atoms with Crippen LogP contribution in [0.25, 0.3) is 0 Å². The van der Waals surface area contributed by atoms with Crippen LogP contribution in [0, 0.1) is 5.82 Å². The summed E-state index contributed by atoms with van der Waals surface area (Å²) in [5.41, 5.74) is 0. The van der Waals surface area contributed by atoms with E-state index < -0.39 is 0 Å². The molecule has 0 heterocycles. The molecule has 1 unspecified atom stereocenters. The molecule has 0 aliphatic rings. The Morgan fingerprint density at radius 2 is 1.81 bits per heavy atom. The van der Waals surface area contributed by atoms with Crippen molar-refractivity contribution in [2.75, 3.05) is 39.8 Å². The van der Waals surface area contributed by atoms with Crippen molar-refractivity contribution in [3.8, 4) is 5.75 Å². The molecule has 150 valence electrons. The van der Waals surface area contributed by atoms with E-state index in [1.165, 1.54) is 18.6 Å². The van der Waals surface area contributed by atoms with Crippen LogP contribution in [0.15, 0.2) is 29.3 Å². The molecule has 0 aliphatic heterocycles. The van der Waals surface area contributed by atoms with E-state index in [9.17, 15) is 4.39 Å². The highest BCUT2D eigenvalue weighted by Crippen LogP contribution is 2.12. The van der Waals surface area contributed by atoms with E-state index in [0.29, 0.717) is 12.3 Å². The lowest BCUT2D eigenvalue weighted by atomic mass is 10.3. The molecular formula is C19H34FIN4O. The molecule has 0 saturated carbocycles. The number of ether oxygens (including phenoxy) is 1. The third-order valence-corrected chi connectivity index (χ3v) is 4.02. The molecule has 26 heavy (non-hydrogen) atoms. The van der Waals surface area contributed by atoms with Gasteiger partial charge in [0.1, 0.15) is 17.7 Å². The Hall–Kier alpha value is -1.09. The summed E-state index contributed by atoms with van der Waals surface area (Å²) in [4.78, 5) is 6.65. The largest absolute Gasteiger partial charge is 0.489 e. The van der Waals surface area contributed by atoms with Crippen LogP contribution >= 0.6 is 24.0 Å². The second kappa shape index (κ2) is 15.0. The quantitative estimate of drug-likeness (QED) is 0.220. The molecule has 2 N–H and O–H groups in total. The Bertz CT molecular complexity index is 495. The van der Waals surface area contributed by atoms with Crippen molar-refractivity contribution in [3.05, 3.63) is 30.1 Å². The maximum absolute atomic E-state index is 12.9. The van der Waals surface area contributed by atoms with Gasteiger partial charge >= 0.3 is 0 Å². The maximum atomic E-state index is 12.9. The van der Waals surface area contributed by atoms with Crippen molar-refractivity contribution in [1.82, 2.24) is 15.5 Å². The Morgan fingerprint density at radius 3 is 2.38 bits per heavy atom. The van der Waals surface area contributed by atoms with Crippen molar-refractivity contribution < 1.29 is 9.13 Å². The van der Waals surface area contributed by atoms with Crippen LogP contribution < -0.4 is 15.4 Å². The predicted molar refractivity (Wildman–Crippen MR) is 118 cm³/mol. The fourth-order valence-electron chi connectivity index (χ4n) is 2.46. The fourth-order valence-corrected chi connectivity index (χ4v) is 2.46. The Labute approximate surface area is 174 Å². The third kappa shape index (κ3) is 10.8. The van der Waals surface area contributed by atoms with Gasteiger partial charge < -0.3 is 20.3 Å². The Kier molecular flexibility index (Phi) is 14.4. The van der Waals surface area contributed by atoms with E-state index >= 15 is 0 Å². The average Bonchev–Trinajstić information content (AvgIpc) is 2.62. The number of rotatable bonds is 11. The number of unbranched alkanes of at least 4 members (excludes halogenated alkanes) is 1. The van der Waals surface area contributed by atoms with Crippen LogP contribution in [0.5, 0.6) is 5.75 Å². The molecule has 0 amide bonds. The van der Waals surface area contributed by atoms with Crippen LogP contribution in [0.4, 0.5) is 4.39 Å². The molecule has 1 rings (SSSR count). The van der Waals surface area contributed by atoms with Crippen molar-refractivity contribution >= 4 is 29.9 Å². The molecule has 5 nitrogen and oxygen atoms in total. The maximum Gasteiger partial charge on any atom is 0.191 e. The fraction of sp³-hybridized carbons (Fsp3) is 0.632. The first-order valence-electron chi connectivity index (χ1n) is 9.18. The summed E-state index contributed by atoms with van der Waals surface area (Å²) in [5.74, 6) is 1.18. The van der Waals surface area contributed by atoms with Gasteiger partial charge in [0.2, 0.25) is 0 Å². The van der Waals surface area contributed by atoms with Gasteiger partial charge in [0.25, 0.3) is 0 Å². The van der Waals surface area contributed by atoms with E-state index in [1.807, 2.05) is 6.92 Å². The lowest BCUT2D eigenvalue weighted by Crippen LogP contribution is -2.42. The van der Waals surface area contributed by atoms with Gasteiger partial charge in [0.15, 0.2) is 5.96 Å². The predicted octanol–water partition coefficient (Wildman–Crippen LogP) is 3.50. The molecule has 0 aromatic heterocycles. The summed E-state index contributed by atoms with van der Waals surface area (Å²) in [5, 5.41) is 6.57. The molecule has 0 fully saturated rings. The molecule has 1 aromatic rings. The molecule has 0 bridgehead atoms. The first kappa shape index (κ1) is 24.9. The summed E-state index contributed by atoms with van der Waals surface area (Å²) >= 11 is 0. The van der Waals surface area contributed by atoms with Gasteiger partial charge in [-0.15, -0.1) is 24.0 Å². The highest BCUT2D eigenvalue weighted by Gasteiger charge is 2.06. The third-order valence-electron chi connectivity index (χ3n) is 4.02. The number of nitrogens with one attached hydrogen (secondary N) is 2. The van der Waals surface area contributed by atoms with E-state index in [4.69, 9.17) is 4.74 Å². The minimum Gasteiger partial charge on any atom is -0.489 e. The number of benzene rings is 1. The zero-order valence-corrected chi connectivity index (χ0v) is 18.8. The van der Waals surface area contributed by atoms with Crippen molar-refractivity contribution in [1.29, 1.82) is 0 Å². The number of guanidine groups is 1. The van der Waals surface area contributed by atoms with Crippen LogP contribution in [-0.2, 0) is 0 Å². The summed E-state index contributed by atoms with van der Waals surface area (Å²) < 4.78 is 18.6. The van der Waals surface area contributed by atoms with Gasteiger partial charge in [-0.1, -0.05) is 13.8 Å². The summed E-state index contributed by atoms with van der Waals surface area (Å²) in [7, 11) is 1.76. The molecule has 1 atom stereocenters. The SMILES string of the molecule is CCN(CC)CCCCNC(=NC)NCC(C)Oc1ccc(F)cc1.I. The minimum absolute atomic E-state index is 0. The standard InChI is InChI=1S/C19H33FN4O.HI/c1-5-24(6-2)14-8-7-13-22-19(21-4)23-15-16(3)25-18-11-9-17(20)10-12-18;/h9-12,16H,5-8,13-15H2,1-4H3,(H2,21,22,23);1H. The topological polar surface area (TPSA) is 48.9 Å². The van der Waals surface area contributed by atoms with Crippen molar-refractivity contribution in [3.63, 3.8) is 0 Å². The smallest absolute Gasteiger partial charge is 0.191 e. The highest BCUT2D eigenvalue weighted by molar-refractivity contribution is 14.0. The van der Waals surface area contributed by atoms with E-state index in [0.717, 1.165) is 38.6 Å². The van der Waals surface area contributed by atoms with Crippen LogP contribution in [-0.4, -0.2) is 56.7 Å². The first-order valence-corrected chi connectivity index (χ1v) is 9.18. The van der Waals surface area contributed by atoms with Gasteiger partial charge in [-0.05, 0) is 63.7 Å². The van der Waals surface area contributed by atoms with E-state index in [-0.39, 0.29) is 35.9 Å². The zero-order valence-electron chi connectivity index (χ0n) is 16.4. The lowest BCUT2D eigenvalue weighted by Gasteiger charge is -2.19. The molecule has 0 aliphatic carbocycles. The summed E-state index contributed by atoms with van der Waals surface area (Å²) in [6.07, 6.45) is 2.24. The van der Waals surface area contributed by atoms with Gasteiger partial charge in [-0.3, -0.25) is 4.99 Å². The monoisotopic (exact) mass is 480 g/mol. The second-order valence-electron chi connectivity index (χ2n) is 6.00. The number of hydrogen-bond acceptors (Lipinski definition) is 3. The van der Waals surface area contributed by atoms with Crippen molar-refractivity contribution in [2.45, 2.75) is 39.7 Å². The molecule has 7 heteroatoms. The molecular weight excluding hydrogens is 446 g/mol. The molecule has 0 spiro atoms. The number of halogens is 2. The normalized spacial score (nSPS) is 12.5.